The van der Waals surface area contributed by atoms with Crippen LogP contribution in [0.3, 0.4) is 0 Å². The number of thioether (sulfide) groups is 1. The number of aromatic nitrogens is 2. The number of hydrogen-bond acceptors (Lipinski definition) is 5. The van der Waals surface area contributed by atoms with Gasteiger partial charge in [0.1, 0.15) is 11.6 Å². The zero-order valence-corrected chi connectivity index (χ0v) is 17.3. The summed E-state index contributed by atoms with van der Waals surface area (Å²) in [7, 11) is 1.60. The molecule has 0 aliphatic heterocycles. The van der Waals surface area contributed by atoms with Gasteiger partial charge in [-0.25, -0.2) is 14.4 Å². The van der Waals surface area contributed by atoms with E-state index in [1.165, 1.54) is 23.9 Å². The Labute approximate surface area is 173 Å². The summed E-state index contributed by atoms with van der Waals surface area (Å²) in [5.41, 5.74) is 3.39. The minimum atomic E-state index is -0.408. The maximum Gasteiger partial charge on any atom is 0.231 e. The monoisotopic (exact) mass is 411 g/mol. The summed E-state index contributed by atoms with van der Waals surface area (Å²) in [5.74, 6) is 0.413. The van der Waals surface area contributed by atoms with Gasteiger partial charge in [-0.2, -0.15) is 0 Å². The van der Waals surface area contributed by atoms with Gasteiger partial charge >= 0.3 is 0 Å². The molecular formula is C22H22FN3O2S. The number of aryl methyl sites for hydroxylation is 2. The van der Waals surface area contributed by atoms with E-state index < -0.39 is 6.04 Å². The minimum absolute atomic E-state index is 0.164. The maximum atomic E-state index is 13.4. The van der Waals surface area contributed by atoms with Crippen molar-refractivity contribution < 1.29 is 13.9 Å². The van der Waals surface area contributed by atoms with Gasteiger partial charge in [-0.15, -0.1) is 0 Å². The van der Waals surface area contributed by atoms with E-state index in [0.717, 1.165) is 28.3 Å². The summed E-state index contributed by atoms with van der Waals surface area (Å²) in [6.07, 6.45) is 0. The standard InChI is InChI=1S/C22H22FN3O2S/c1-14-12-15(2)25-22(24-14)29-13-20(27)26-21(16-4-8-18(23)9-5-16)17-6-10-19(28-3)11-7-17/h4-12,21H,13H2,1-3H3,(H,26,27). The highest BCUT2D eigenvalue weighted by molar-refractivity contribution is 7.99. The van der Waals surface area contributed by atoms with Crippen LogP contribution in [0, 0.1) is 19.7 Å². The SMILES string of the molecule is COc1ccc(C(NC(=O)CSc2nc(C)cc(C)n2)c2ccc(F)cc2)cc1. The largest absolute Gasteiger partial charge is 0.497 e. The Morgan fingerprint density at radius 1 is 1.03 bits per heavy atom. The van der Waals surface area contributed by atoms with Gasteiger partial charge in [0.2, 0.25) is 5.91 Å². The number of ether oxygens (including phenoxy) is 1. The number of rotatable bonds is 7. The third kappa shape index (κ3) is 5.77. The van der Waals surface area contributed by atoms with E-state index in [-0.39, 0.29) is 17.5 Å². The molecule has 0 saturated heterocycles. The van der Waals surface area contributed by atoms with Crippen LogP contribution in [0.2, 0.25) is 0 Å². The van der Waals surface area contributed by atoms with Crippen molar-refractivity contribution in [3.8, 4) is 5.75 Å². The lowest BCUT2D eigenvalue weighted by Crippen LogP contribution is -2.30. The van der Waals surface area contributed by atoms with Crippen LogP contribution in [0.1, 0.15) is 28.6 Å². The molecule has 150 valence electrons. The van der Waals surface area contributed by atoms with E-state index in [1.54, 1.807) is 19.2 Å². The predicted octanol–water partition coefficient (Wildman–Crippen LogP) is 4.24. The summed E-state index contributed by atoms with van der Waals surface area (Å²) in [6.45, 7) is 3.79. The summed E-state index contributed by atoms with van der Waals surface area (Å²) >= 11 is 1.28. The fourth-order valence-corrected chi connectivity index (χ4v) is 3.66. The number of halogens is 1. The molecule has 1 N–H and O–H groups in total. The van der Waals surface area contributed by atoms with E-state index >= 15 is 0 Å². The highest BCUT2D eigenvalue weighted by atomic mass is 32.2. The number of nitrogens with zero attached hydrogens (tertiary/aromatic N) is 2. The van der Waals surface area contributed by atoms with Crippen LogP contribution in [-0.2, 0) is 4.79 Å². The number of nitrogens with one attached hydrogen (secondary N) is 1. The fourth-order valence-electron chi connectivity index (χ4n) is 2.90. The molecule has 0 radical (unpaired) electrons. The molecule has 0 bridgehead atoms. The van der Waals surface area contributed by atoms with Crippen LogP contribution < -0.4 is 10.1 Å². The van der Waals surface area contributed by atoms with E-state index in [4.69, 9.17) is 4.74 Å². The van der Waals surface area contributed by atoms with Crippen molar-refractivity contribution in [2.24, 2.45) is 0 Å². The first-order chi connectivity index (χ1) is 13.9. The summed E-state index contributed by atoms with van der Waals surface area (Å²) < 4.78 is 18.6. The third-order valence-electron chi connectivity index (χ3n) is 4.25. The summed E-state index contributed by atoms with van der Waals surface area (Å²) in [4.78, 5) is 21.3. The van der Waals surface area contributed by atoms with Crippen molar-refractivity contribution in [3.05, 3.63) is 82.9 Å². The smallest absolute Gasteiger partial charge is 0.231 e. The van der Waals surface area contributed by atoms with Crippen molar-refractivity contribution in [2.45, 2.75) is 25.0 Å². The molecule has 5 nitrogen and oxygen atoms in total. The average Bonchev–Trinajstić information content (AvgIpc) is 2.71. The van der Waals surface area contributed by atoms with Gasteiger partial charge in [0, 0.05) is 11.4 Å². The van der Waals surface area contributed by atoms with Crippen LogP contribution in [0.5, 0.6) is 5.75 Å². The molecule has 7 heteroatoms. The molecule has 29 heavy (non-hydrogen) atoms. The molecule has 1 amide bonds. The minimum Gasteiger partial charge on any atom is -0.497 e. The Kier molecular flexibility index (Phi) is 6.82. The van der Waals surface area contributed by atoms with Gasteiger partial charge in [0.25, 0.3) is 0 Å². The molecule has 0 fully saturated rings. The van der Waals surface area contributed by atoms with Gasteiger partial charge in [-0.05, 0) is 55.3 Å². The molecule has 0 saturated carbocycles. The Bertz CT molecular complexity index is 958. The highest BCUT2D eigenvalue weighted by Crippen LogP contribution is 2.25. The Morgan fingerprint density at radius 3 is 2.14 bits per heavy atom. The molecule has 1 atom stereocenters. The number of methoxy groups -OCH3 is 1. The number of hydrogen-bond donors (Lipinski definition) is 1. The van der Waals surface area contributed by atoms with E-state index in [2.05, 4.69) is 15.3 Å². The molecular weight excluding hydrogens is 389 g/mol. The molecule has 3 aromatic rings. The average molecular weight is 412 g/mol. The first kappa shape index (κ1) is 20.8. The fraction of sp³-hybridized carbons (Fsp3) is 0.227. The molecule has 3 rings (SSSR count). The molecule has 1 unspecified atom stereocenters. The van der Waals surface area contributed by atoms with Gasteiger partial charge in [0.15, 0.2) is 5.16 Å². The lowest BCUT2D eigenvalue weighted by Gasteiger charge is -2.20. The van der Waals surface area contributed by atoms with Gasteiger partial charge < -0.3 is 10.1 Å². The van der Waals surface area contributed by atoms with E-state index in [1.807, 2.05) is 44.2 Å². The van der Waals surface area contributed by atoms with E-state index in [9.17, 15) is 9.18 Å². The van der Waals surface area contributed by atoms with Crippen molar-refractivity contribution in [1.29, 1.82) is 0 Å². The molecule has 2 aromatic carbocycles. The molecule has 1 heterocycles. The third-order valence-corrected chi connectivity index (χ3v) is 5.10. The number of carbonyl (C=O) groups is 1. The summed E-state index contributed by atoms with van der Waals surface area (Å²) in [6, 6.07) is 15.0. The molecule has 0 spiro atoms. The zero-order chi connectivity index (χ0) is 20.8. The van der Waals surface area contributed by atoms with Crippen molar-refractivity contribution >= 4 is 17.7 Å². The zero-order valence-electron chi connectivity index (χ0n) is 16.5. The first-order valence-corrected chi connectivity index (χ1v) is 10.1. The van der Waals surface area contributed by atoms with Crippen LogP contribution >= 0.6 is 11.8 Å². The lowest BCUT2D eigenvalue weighted by molar-refractivity contribution is -0.119. The second-order valence-electron chi connectivity index (χ2n) is 6.55. The summed E-state index contributed by atoms with van der Waals surface area (Å²) in [5, 5.41) is 3.60. The highest BCUT2D eigenvalue weighted by Gasteiger charge is 2.18. The first-order valence-electron chi connectivity index (χ1n) is 9.08. The van der Waals surface area contributed by atoms with Gasteiger partial charge in [-0.1, -0.05) is 36.0 Å². The lowest BCUT2D eigenvalue weighted by atomic mass is 9.98. The van der Waals surface area contributed by atoms with E-state index in [0.29, 0.717) is 5.16 Å². The number of amides is 1. The van der Waals surface area contributed by atoms with Crippen molar-refractivity contribution in [1.82, 2.24) is 15.3 Å². The second-order valence-corrected chi connectivity index (χ2v) is 7.49. The number of benzene rings is 2. The quantitative estimate of drug-likeness (QED) is 0.465. The Balaban J connectivity index is 1.76. The Hall–Kier alpha value is -2.93. The van der Waals surface area contributed by atoms with Crippen LogP contribution in [0.4, 0.5) is 4.39 Å². The Morgan fingerprint density at radius 2 is 1.59 bits per heavy atom. The normalized spacial score (nSPS) is 11.7. The van der Waals surface area contributed by atoms with Crippen LogP contribution in [0.25, 0.3) is 0 Å². The maximum absolute atomic E-state index is 13.4. The van der Waals surface area contributed by atoms with Gasteiger partial charge in [-0.3, -0.25) is 4.79 Å². The topological polar surface area (TPSA) is 64.1 Å². The molecule has 0 aliphatic rings. The second kappa shape index (κ2) is 9.52. The molecule has 0 aliphatic carbocycles. The predicted molar refractivity (Wildman–Crippen MR) is 112 cm³/mol. The van der Waals surface area contributed by atoms with Crippen LogP contribution in [-0.4, -0.2) is 28.7 Å². The van der Waals surface area contributed by atoms with Crippen molar-refractivity contribution in [2.75, 3.05) is 12.9 Å². The van der Waals surface area contributed by atoms with Gasteiger partial charge in [0.05, 0.1) is 18.9 Å². The number of carbonyl (C=O) groups excluding carboxylic acids is 1. The van der Waals surface area contributed by atoms with Crippen molar-refractivity contribution in [3.63, 3.8) is 0 Å². The van der Waals surface area contributed by atoms with Crippen LogP contribution in [0.15, 0.2) is 59.8 Å². The molecule has 1 aromatic heterocycles.